The lowest BCUT2D eigenvalue weighted by Crippen LogP contribution is -2.25. The molecule has 0 aliphatic carbocycles. The molecule has 0 unspecified atom stereocenters. The van der Waals surface area contributed by atoms with E-state index in [9.17, 15) is 9.59 Å². The number of hydrogen-bond donors (Lipinski definition) is 0. The molecule has 15 heavy (non-hydrogen) atoms. The van der Waals surface area contributed by atoms with E-state index in [1.807, 2.05) is 6.92 Å². The van der Waals surface area contributed by atoms with Gasteiger partial charge in [0.05, 0.1) is 6.54 Å². The van der Waals surface area contributed by atoms with E-state index in [4.69, 9.17) is 0 Å². The Balaban J connectivity index is 2.95. The molecule has 0 aliphatic heterocycles. The number of nitrogens with zero attached hydrogens (tertiary/aromatic N) is 1. The minimum atomic E-state index is -0.0948. The van der Waals surface area contributed by atoms with Crippen LogP contribution in [0.25, 0.3) is 0 Å². The predicted molar refractivity (Wildman–Crippen MR) is 63.1 cm³/mol. The quantitative estimate of drug-likeness (QED) is 0.843. The molecule has 0 aliphatic rings. The molecule has 0 fully saturated rings. The van der Waals surface area contributed by atoms with Gasteiger partial charge in [0.25, 0.3) is 5.56 Å². The van der Waals surface area contributed by atoms with Crippen molar-refractivity contribution < 1.29 is 4.79 Å². The van der Waals surface area contributed by atoms with Crippen LogP contribution >= 0.6 is 15.9 Å². The first-order valence-electron chi connectivity index (χ1n) is 4.93. The van der Waals surface area contributed by atoms with Gasteiger partial charge in [0.2, 0.25) is 0 Å². The molecule has 3 nitrogen and oxygen atoms in total. The van der Waals surface area contributed by atoms with Gasteiger partial charge in [0.1, 0.15) is 0 Å². The average Bonchev–Trinajstić information content (AvgIpc) is 2.13. The molecule has 0 atom stereocenters. The minimum Gasteiger partial charge on any atom is -0.307 e. The Morgan fingerprint density at radius 3 is 2.80 bits per heavy atom. The first kappa shape index (κ1) is 12.2. The topological polar surface area (TPSA) is 39.1 Å². The molecule has 0 amide bonds. The lowest BCUT2D eigenvalue weighted by atomic mass is 10.2. The van der Waals surface area contributed by atoms with E-state index in [1.165, 1.54) is 4.57 Å². The van der Waals surface area contributed by atoms with Gasteiger partial charge in [-0.2, -0.15) is 0 Å². The Labute approximate surface area is 97.2 Å². The van der Waals surface area contributed by atoms with Crippen LogP contribution in [0.5, 0.6) is 0 Å². The maximum absolute atomic E-state index is 11.7. The molecule has 0 bridgehead atoms. The normalized spacial score (nSPS) is 10.3. The highest BCUT2D eigenvalue weighted by Crippen LogP contribution is 2.08. The zero-order chi connectivity index (χ0) is 11.4. The number of hydrogen-bond acceptors (Lipinski definition) is 2. The summed E-state index contributed by atoms with van der Waals surface area (Å²) >= 11 is 3.31. The summed E-state index contributed by atoms with van der Waals surface area (Å²) in [7, 11) is 0. The summed E-state index contributed by atoms with van der Waals surface area (Å²) < 4.78 is 2.28. The summed E-state index contributed by atoms with van der Waals surface area (Å²) in [6.45, 7) is 3.87. The minimum absolute atomic E-state index is 0.0945. The standard InChI is InChI=1S/C11H14BrNO2/c1-3-4-10(14)7-13-6-9(12)5-8(2)11(13)15/h5-6H,3-4,7H2,1-2H3. The molecule has 1 aromatic rings. The molecule has 0 N–H and O–H groups in total. The van der Waals surface area contributed by atoms with E-state index in [0.717, 1.165) is 10.9 Å². The number of halogens is 1. The fourth-order valence-electron chi connectivity index (χ4n) is 1.41. The van der Waals surface area contributed by atoms with Crippen molar-refractivity contribution in [2.45, 2.75) is 33.2 Å². The Morgan fingerprint density at radius 2 is 2.20 bits per heavy atom. The van der Waals surface area contributed by atoms with Gasteiger partial charge in [-0.05, 0) is 35.3 Å². The predicted octanol–water partition coefficient (Wildman–Crippen LogP) is 2.29. The van der Waals surface area contributed by atoms with E-state index >= 15 is 0 Å². The lowest BCUT2D eigenvalue weighted by Gasteiger charge is -2.06. The average molecular weight is 272 g/mol. The number of Topliss-reactive ketones (excluding diaryl/α,β-unsaturated/α-hetero) is 1. The maximum atomic E-state index is 11.7. The molecule has 0 spiro atoms. The molecular formula is C11H14BrNO2. The molecule has 82 valence electrons. The second-order valence-corrected chi connectivity index (χ2v) is 4.48. The fourth-order valence-corrected chi connectivity index (χ4v) is 2.00. The van der Waals surface area contributed by atoms with Crippen LogP contribution in [0.3, 0.4) is 0 Å². The van der Waals surface area contributed by atoms with Crippen LogP contribution in [0.4, 0.5) is 0 Å². The molecule has 1 heterocycles. The van der Waals surface area contributed by atoms with Crippen molar-refractivity contribution in [1.29, 1.82) is 0 Å². The summed E-state index contributed by atoms with van der Waals surface area (Å²) in [5, 5.41) is 0. The zero-order valence-electron chi connectivity index (χ0n) is 8.92. The smallest absolute Gasteiger partial charge is 0.253 e. The Kier molecular flexibility index (Phi) is 4.27. The van der Waals surface area contributed by atoms with Crippen molar-refractivity contribution in [3.63, 3.8) is 0 Å². The van der Waals surface area contributed by atoms with Gasteiger partial charge >= 0.3 is 0 Å². The molecule has 0 saturated carbocycles. The molecule has 0 saturated heterocycles. The van der Waals surface area contributed by atoms with E-state index < -0.39 is 0 Å². The van der Waals surface area contributed by atoms with Crippen LogP contribution in [0.1, 0.15) is 25.3 Å². The van der Waals surface area contributed by atoms with Gasteiger partial charge in [-0.1, -0.05) is 6.92 Å². The number of rotatable bonds is 4. The van der Waals surface area contributed by atoms with Crippen LogP contribution in [-0.4, -0.2) is 10.4 Å². The second kappa shape index (κ2) is 5.26. The Hall–Kier alpha value is -0.900. The monoisotopic (exact) mass is 271 g/mol. The zero-order valence-corrected chi connectivity index (χ0v) is 10.5. The third-order valence-electron chi connectivity index (χ3n) is 2.11. The van der Waals surface area contributed by atoms with Crippen molar-refractivity contribution in [3.8, 4) is 0 Å². The number of aryl methyl sites for hydroxylation is 1. The summed E-state index contributed by atoms with van der Waals surface area (Å²) in [6, 6.07) is 1.75. The van der Waals surface area contributed by atoms with E-state index in [2.05, 4.69) is 15.9 Å². The Morgan fingerprint density at radius 1 is 1.53 bits per heavy atom. The highest BCUT2D eigenvalue weighted by molar-refractivity contribution is 9.10. The number of aromatic nitrogens is 1. The van der Waals surface area contributed by atoms with E-state index in [1.54, 1.807) is 19.2 Å². The second-order valence-electron chi connectivity index (χ2n) is 3.56. The molecule has 0 radical (unpaired) electrons. The number of carbonyl (C=O) groups is 1. The number of ketones is 1. The number of carbonyl (C=O) groups excluding carboxylic acids is 1. The molecular weight excluding hydrogens is 258 g/mol. The van der Waals surface area contributed by atoms with Gasteiger partial charge in [-0.15, -0.1) is 0 Å². The summed E-state index contributed by atoms with van der Waals surface area (Å²) in [4.78, 5) is 23.1. The molecule has 1 rings (SSSR count). The largest absolute Gasteiger partial charge is 0.307 e. The van der Waals surface area contributed by atoms with Crippen LogP contribution in [0.15, 0.2) is 21.5 Å². The maximum Gasteiger partial charge on any atom is 0.253 e. The third-order valence-corrected chi connectivity index (χ3v) is 2.54. The highest BCUT2D eigenvalue weighted by Gasteiger charge is 2.06. The van der Waals surface area contributed by atoms with Crippen molar-refractivity contribution in [1.82, 2.24) is 4.57 Å². The number of pyridine rings is 1. The third kappa shape index (κ3) is 3.30. The Bertz CT molecular complexity index is 423. The van der Waals surface area contributed by atoms with Crippen LogP contribution < -0.4 is 5.56 Å². The SMILES string of the molecule is CCCC(=O)Cn1cc(Br)cc(C)c1=O. The van der Waals surface area contributed by atoms with Crippen molar-refractivity contribution >= 4 is 21.7 Å². The highest BCUT2D eigenvalue weighted by atomic mass is 79.9. The molecule has 4 heteroatoms. The van der Waals surface area contributed by atoms with Crippen LogP contribution in [0.2, 0.25) is 0 Å². The molecule has 1 aromatic heterocycles. The first-order valence-corrected chi connectivity index (χ1v) is 5.72. The van der Waals surface area contributed by atoms with Gasteiger partial charge < -0.3 is 4.57 Å². The van der Waals surface area contributed by atoms with Crippen molar-refractivity contribution in [2.24, 2.45) is 0 Å². The van der Waals surface area contributed by atoms with E-state index in [0.29, 0.717) is 12.0 Å². The first-order chi connectivity index (χ1) is 7.04. The van der Waals surface area contributed by atoms with Gasteiger partial charge in [-0.3, -0.25) is 9.59 Å². The van der Waals surface area contributed by atoms with Crippen LogP contribution in [0, 0.1) is 6.92 Å². The van der Waals surface area contributed by atoms with Crippen molar-refractivity contribution in [3.05, 3.63) is 32.7 Å². The van der Waals surface area contributed by atoms with Gasteiger partial charge in [0.15, 0.2) is 5.78 Å². The molecule has 0 aromatic carbocycles. The van der Waals surface area contributed by atoms with E-state index in [-0.39, 0.29) is 17.9 Å². The summed E-state index contributed by atoms with van der Waals surface area (Å²) in [5.41, 5.74) is 0.552. The summed E-state index contributed by atoms with van der Waals surface area (Å²) in [6.07, 6.45) is 3.00. The fraction of sp³-hybridized carbons (Fsp3) is 0.455. The lowest BCUT2D eigenvalue weighted by molar-refractivity contribution is -0.119. The van der Waals surface area contributed by atoms with Gasteiger partial charge in [-0.25, -0.2) is 0 Å². The van der Waals surface area contributed by atoms with Crippen LogP contribution in [-0.2, 0) is 11.3 Å². The van der Waals surface area contributed by atoms with Crippen molar-refractivity contribution in [2.75, 3.05) is 0 Å². The summed E-state index contributed by atoms with van der Waals surface area (Å²) in [5.74, 6) is 0.0945. The van der Waals surface area contributed by atoms with Gasteiger partial charge in [0, 0.05) is 22.7 Å².